The fourth-order valence-electron chi connectivity index (χ4n) is 1.26. The van der Waals surface area contributed by atoms with Crippen molar-refractivity contribution in [2.75, 3.05) is 17.6 Å². The third-order valence-corrected chi connectivity index (χ3v) is 2.84. The molecular formula is C9H12ClNS. The maximum atomic E-state index is 3.40. The third-order valence-electron chi connectivity index (χ3n) is 1.84. The molecule has 1 nitrogen and oxygen atoms in total. The van der Waals surface area contributed by atoms with Crippen molar-refractivity contribution < 1.29 is 0 Å². The zero-order valence-corrected chi connectivity index (χ0v) is 8.38. The molecule has 0 spiro atoms. The van der Waals surface area contributed by atoms with Gasteiger partial charge in [0.05, 0.1) is 0 Å². The molecule has 1 N–H and O–H groups in total. The van der Waals surface area contributed by atoms with Crippen LogP contribution in [0.25, 0.3) is 0 Å². The highest BCUT2D eigenvalue weighted by atomic mass is 35.5. The Morgan fingerprint density at radius 3 is 3.00 bits per heavy atom. The molecule has 0 saturated carbocycles. The largest absolute Gasteiger partial charge is 0.384 e. The van der Waals surface area contributed by atoms with E-state index in [0.717, 1.165) is 12.3 Å². The van der Waals surface area contributed by atoms with Gasteiger partial charge in [-0.2, -0.15) is 11.8 Å². The van der Waals surface area contributed by atoms with Gasteiger partial charge < -0.3 is 5.32 Å². The van der Waals surface area contributed by atoms with E-state index in [-0.39, 0.29) is 12.4 Å². The van der Waals surface area contributed by atoms with E-state index in [1.54, 1.807) is 0 Å². The summed E-state index contributed by atoms with van der Waals surface area (Å²) in [5.74, 6) is 2.37. The normalized spacial score (nSPS) is 15.0. The molecule has 0 radical (unpaired) electrons. The summed E-state index contributed by atoms with van der Waals surface area (Å²) in [4.78, 5) is 0. The van der Waals surface area contributed by atoms with Gasteiger partial charge in [-0.05, 0) is 11.6 Å². The average Bonchev–Trinajstić information content (AvgIpc) is 2.28. The Morgan fingerprint density at radius 1 is 1.25 bits per heavy atom. The van der Waals surface area contributed by atoms with Crippen LogP contribution in [0.15, 0.2) is 24.3 Å². The van der Waals surface area contributed by atoms with Gasteiger partial charge in [-0.25, -0.2) is 0 Å². The van der Waals surface area contributed by atoms with Gasteiger partial charge in [0, 0.05) is 23.7 Å². The number of rotatable bonds is 0. The molecule has 1 aromatic carbocycles. The maximum Gasteiger partial charge on any atom is 0.0381 e. The van der Waals surface area contributed by atoms with Crippen molar-refractivity contribution >= 4 is 29.9 Å². The van der Waals surface area contributed by atoms with Crippen LogP contribution in [0, 0.1) is 0 Å². The van der Waals surface area contributed by atoms with Gasteiger partial charge in [0.15, 0.2) is 0 Å². The summed E-state index contributed by atoms with van der Waals surface area (Å²) < 4.78 is 0. The highest BCUT2D eigenvalue weighted by Gasteiger charge is 2.04. The number of benzene rings is 1. The van der Waals surface area contributed by atoms with Crippen LogP contribution in [0.3, 0.4) is 0 Å². The fraction of sp³-hybridized carbons (Fsp3) is 0.333. The number of hydrogen-bond acceptors (Lipinski definition) is 2. The van der Waals surface area contributed by atoms with Gasteiger partial charge in [-0.3, -0.25) is 0 Å². The second-order valence-electron chi connectivity index (χ2n) is 2.64. The Bertz CT molecular complexity index is 227. The molecule has 0 saturated heterocycles. The van der Waals surface area contributed by atoms with E-state index in [9.17, 15) is 0 Å². The molecule has 0 amide bonds. The van der Waals surface area contributed by atoms with E-state index < -0.39 is 0 Å². The quantitative estimate of drug-likeness (QED) is 0.693. The summed E-state index contributed by atoms with van der Waals surface area (Å²) in [6, 6.07) is 8.54. The average molecular weight is 202 g/mol. The minimum atomic E-state index is 0. The second-order valence-corrected chi connectivity index (χ2v) is 3.74. The summed E-state index contributed by atoms with van der Waals surface area (Å²) >= 11 is 2.00. The Balaban J connectivity index is 0.000000720. The second kappa shape index (κ2) is 4.63. The summed E-state index contributed by atoms with van der Waals surface area (Å²) in [6.07, 6.45) is 0. The Labute approximate surface area is 83.3 Å². The summed E-state index contributed by atoms with van der Waals surface area (Å²) in [5, 5.41) is 3.40. The van der Waals surface area contributed by atoms with Crippen LogP contribution in [0.2, 0.25) is 0 Å². The fourth-order valence-corrected chi connectivity index (χ4v) is 2.12. The van der Waals surface area contributed by atoms with Crippen molar-refractivity contribution in [3.63, 3.8) is 0 Å². The monoisotopic (exact) mass is 201 g/mol. The first-order valence-electron chi connectivity index (χ1n) is 3.86. The van der Waals surface area contributed by atoms with E-state index >= 15 is 0 Å². The van der Waals surface area contributed by atoms with Crippen molar-refractivity contribution in [2.24, 2.45) is 0 Å². The predicted octanol–water partition coefficient (Wildman–Crippen LogP) is 2.77. The third kappa shape index (κ3) is 2.08. The van der Waals surface area contributed by atoms with Crippen molar-refractivity contribution in [1.82, 2.24) is 0 Å². The van der Waals surface area contributed by atoms with Crippen LogP contribution in [0.5, 0.6) is 0 Å². The highest BCUT2D eigenvalue weighted by molar-refractivity contribution is 7.98. The number of thioether (sulfide) groups is 1. The standard InChI is InChI=1S/C9H11NS.ClH/c1-2-4-9-8(3-1)7-11-6-5-10-9;/h1-4,10H,5-7H2;1H. The molecule has 0 aliphatic carbocycles. The zero-order valence-electron chi connectivity index (χ0n) is 6.75. The van der Waals surface area contributed by atoms with E-state index in [2.05, 4.69) is 29.6 Å². The maximum absolute atomic E-state index is 3.40. The lowest BCUT2D eigenvalue weighted by molar-refractivity contribution is 1.23. The first-order chi connectivity index (χ1) is 5.47. The Kier molecular flexibility index (Phi) is 3.76. The van der Waals surface area contributed by atoms with Crippen LogP contribution in [0.4, 0.5) is 5.69 Å². The molecule has 0 atom stereocenters. The molecule has 2 rings (SSSR count). The number of anilines is 1. The summed E-state index contributed by atoms with van der Waals surface area (Å²) in [5.41, 5.74) is 2.76. The first kappa shape index (κ1) is 9.75. The van der Waals surface area contributed by atoms with Gasteiger partial charge in [-0.15, -0.1) is 12.4 Å². The van der Waals surface area contributed by atoms with Crippen molar-refractivity contribution in [3.05, 3.63) is 29.8 Å². The Hall–Kier alpha value is -0.340. The van der Waals surface area contributed by atoms with E-state index in [1.165, 1.54) is 17.0 Å². The SMILES string of the molecule is Cl.c1ccc2c(c1)CSCCN2. The van der Waals surface area contributed by atoms with Gasteiger partial charge in [0.25, 0.3) is 0 Å². The van der Waals surface area contributed by atoms with Gasteiger partial charge in [0.1, 0.15) is 0 Å². The zero-order chi connectivity index (χ0) is 7.52. The summed E-state index contributed by atoms with van der Waals surface area (Å²) in [7, 11) is 0. The van der Waals surface area contributed by atoms with Crippen LogP contribution in [-0.4, -0.2) is 12.3 Å². The smallest absolute Gasteiger partial charge is 0.0381 e. The summed E-state index contributed by atoms with van der Waals surface area (Å²) in [6.45, 7) is 1.10. The topological polar surface area (TPSA) is 12.0 Å². The van der Waals surface area contributed by atoms with Crippen LogP contribution >= 0.6 is 24.2 Å². The van der Waals surface area contributed by atoms with Crippen LogP contribution < -0.4 is 5.32 Å². The van der Waals surface area contributed by atoms with E-state index in [0.29, 0.717) is 0 Å². The van der Waals surface area contributed by atoms with Gasteiger partial charge in [-0.1, -0.05) is 18.2 Å². The predicted molar refractivity (Wildman–Crippen MR) is 58.3 cm³/mol. The first-order valence-corrected chi connectivity index (χ1v) is 5.02. The van der Waals surface area contributed by atoms with Crippen molar-refractivity contribution in [3.8, 4) is 0 Å². The lowest BCUT2D eigenvalue weighted by atomic mass is 10.2. The van der Waals surface area contributed by atoms with Crippen LogP contribution in [-0.2, 0) is 5.75 Å². The molecule has 1 aliphatic rings. The molecule has 3 heteroatoms. The molecule has 0 fully saturated rings. The van der Waals surface area contributed by atoms with Gasteiger partial charge in [0.2, 0.25) is 0 Å². The minimum absolute atomic E-state index is 0. The lowest BCUT2D eigenvalue weighted by Crippen LogP contribution is -2.01. The molecule has 1 aromatic rings. The molecule has 1 heterocycles. The molecule has 0 bridgehead atoms. The molecular weight excluding hydrogens is 190 g/mol. The number of fused-ring (bicyclic) bond motifs is 1. The van der Waals surface area contributed by atoms with E-state index in [4.69, 9.17) is 0 Å². The van der Waals surface area contributed by atoms with Crippen molar-refractivity contribution in [1.29, 1.82) is 0 Å². The molecule has 0 aromatic heterocycles. The van der Waals surface area contributed by atoms with E-state index in [1.807, 2.05) is 11.8 Å². The van der Waals surface area contributed by atoms with Gasteiger partial charge >= 0.3 is 0 Å². The minimum Gasteiger partial charge on any atom is -0.384 e. The number of halogens is 1. The Morgan fingerprint density at radius 2 is 2.08 bits per heavy atom. The molecule has 66 valence electrons. The molecule has 1 aliphatic heterocycles. The van der Waals surface area contributed by atoms with Crippen LogP contribution in [0.1, 0.15) is 5.56 Å². The van der Waals surface area contributed by atoms with Crippen molar-refractivity contribution in [2.45, 2.75) is 5.75 Å². The lowest BCUT2D eigenvalue weighted by Gasteiger charge is -2.04. The number of para-hydroxylation sites is 1. The molecule has 12 heavy (non-hydrogen) atoms. The number of hydrogen-bond donors (Lipinski definition) is 1. The number of nitrogens with one attached hydrogen (secondary N) is 1. The highest BCUT2D eigenvalue weighted by Crippen LogP contribution is 2.23. The molecule has 0 unspecified atom stereocenters.